The third-order valence-electron chi connectivity index (χ3n) is 2.51. The third-order valence-corrected chi connectivity index (χ3v) is 2.51. The summed E-state index contributed by atoms with van der Waals surface area (Å²) >= 11 is 0. The third kappa shape index (κ3) is 5.59. The van der Waals surface area contributed by atoms with E-state index < -0.39 is 0 Å². The molecule has 0 aromatic carbocycles. The highest BCUT2D eigenvalue weighted by Gasteiger charge is 2.16. The van der Waals surface area contributed by atoms with Gasteiger partial charge in [-0.2, -0.15) is 15.0 Å². The Bertz CT molecular complexity index is 399. The Labute approximate surface area is 121 Å². The maximum Gasteiger partial charge on any atom is 0.323 e. The molecule has 114 valence electrons. The lowest BCUT2D eigenvalue weighted by Crippen LogP contribution is -2.33. The summed E-state index contributed by atoms with van der Waals surface area (Å²) in [6.07, 6.45) is 0.905. The van der Waals surface area contributed by atoms with Gasteiger partial charge in [0.15, 0.2) is 0 Å². The van der Waals surface area contributed by atoms with Crippen LogP contribution in [0.2, 0.25) is 0 Å². The van der Waals surface area contributed by atoms with Crippen LogP contribution in [-0.4, -0.2) is 34.6 Å². The molecule has 6 heteroatoms. The summed E-state index contributed by atoms with van der Waals surface area (Å²) in [4.78, 5) is 14.8. The summed E-state index contributed by atoms with van der Waals surface area (Å²) in [7, 11) is 0. The Morgan fingerprint density at radius 2 is 1.65 bits per heavy atom. The first-order valence-corrected chi connectivity index (χ1v) is 7.31. The molecule has 1 heterocycles. The molecule has 0 amide bonds. The molecule has 20 heavy (non-hydrogen) atoms. The standard InChI is InChI=1S/C14H27N5O/c1-6-7-20-14-17-12(15)16-13(18-14)19(8-10(2)3)9-11(4)5/h10-11H,6-9H2,1-5H3,(H2,15,16,17,18). The quantitative estimate of drug-likeness (QED) is 0.788. The SMILES string of the molecule is CCCOc1nc(N)nc(N(CC(C)C)CC(C)C)n1. The van der Waals surface area contributed by atoms with Crippen molar-refractivity contribution in [1.29, 1.82) is 0 Å². The molecule has 0 fully saturated rings. The molecule has 0 aliphatic heterocycles. The van der Waals surface area contributed by atoms with Crippen LogP contribution in [0.5, 0.6) is 6.01 Å². The van der Waals surface area contributed by atoms with Crippen LogP contribution in [0.15, 0.2) is 0 Å². The molecule has 1 aromatic heterocycles. The van der Waals surface area contributed by atoms with Gasteiger partial charge in [0.2, 0.25) is 11.9 Å². The lowest BCUT2D eigenvalue weighted by molar-refractivity contribution is 0.291. The number of anilines is 2. The van der Waals surface area contributed by atoms with Gasteiger partial charge in [0.1, 0.15) is 0 Å². The van der Waals surface area contributed by atoms with Crippen molar-refractivity contribution in [3.05, 3.63) is 0 Å². The van der Waals surface area contributed by atoms with Gasteiger partial charge in [-0.05, 0) is 18.3 Å². The molecule has 0 aliphatic carbocycles. The van der Waals surface area contributed by atoms with Crippen LogP contribution in [0.1, 0.15) is 41.0 Å². The first-order chi connectivity index (χ1) is 9.42. The van der Waals surface area contributed by atoms with E-state index in [9.17, 15) is 0 Å². The molecule has 1 aromatic rings. The minimum absolute atomic E-state index is 0.207. The summed E-state index contributed by atoms with van der Waals surface area (Å²) < 4.78 is 5.47. The van der Waals surface area contributed by atoms with Crippen molar-refractivity contribution in [2.24, 2.45) is 11.8 Å². The van der Waals surface area contributed by atoms with Crippen LogP contribution >= 0.6 is 0 Å². The molecular formula is C14H27N5O. The highest BCUT2D eigenvalue weighted by molar-refractivity contribution is 5.36. The lowest BCUT2D eigenvalue weighted by Gasteiger charge is -2.26. The summed E-state index contributed by atoms with van der Waals surface area (Å²) in [6.45, 7) is 13.1. The Hall–Kier alpha value is -1.59. The maximum atomic E-state index is 5.76. The monoisotopic (exact) mass is 281 g/mol. The fourth-order valence-corrected chi connectivity index (χ4v) is 1.88. The molecule has 0 spiro atoms. The van der Waals surface area contributed by atoms with Crippen molar-refractivity contribution >= 4 is 11.9 Å². The van der Waals surface area contributed by atoms with Gasteiger partial charge in [-0.15, -0.1) is 0 Å². The predicted octanol–water partition coefficient (Wildman–Crippen LogP) is 2.36. The minimum Gasteiger partial charge on any atom is -0.463 e. The summed E-state index contributed by atoms with van der Waals surface area (Å²) in [6, 6.07) is 0.312. The zero-order valence-corrected chi connectivity index (χ0v) is 13.3. The number of rotatable bonds is 8. The number of nitrogen functional groups attached to an aromatic ring is 1. The molecule has 0 atom stereocenters. The fourth-order valence-electron chi connectivity index (χ4n) is 1.88. The van der Waals surface area contributed by atoms with E-state index in [-0.39, 0.29) is 5.95 Å². The van der Waals surface area contributed by atoms with Gasteiger partial charge < -0.3 is 15.4 Å². The van der Waals surface area contributed by atoms with Gasteiger partial charge >= 0.3 is 6.01 Å². The number of hydrogen-bond donors (Lipinski definition) is 1. The highest BCUT2D eigenvalue weighted by Crippen LogP contribution is 2.16. The smallest absolute Gasteiger partial charge is 0.323 e. The first-order valence-electron chi connectivity index (χ1n) is 7.31. The van der Waals surface area contributed by atoms with Crippen LogP contribution in [0.3, 0.4) is 0 Å². The molecule has 0 bridgehead atoms. The molecule has 6 nitrogen and oxygen atoms in total. The molecule has 1 rings (SSSR count). The number of aromatic nitrogens is 3. The number of nitrogens with two attached hydrogens (primary N) is 1. The molecule has 0 aliphatic rings. The molecule has 0 unspecified atom stereocenters. The van der Waals surface area contributed by atoms with Crippen molar-refractivity contribution in [2.45, 2.75) is 41.0 Å². The van der Waals surface area contributed by atoms with Crippen LogP contribution in [0.4, 0.5) is 11.9 Å². The van der Waals surface area contributed by atoms with E-state index in [1.165, 1.54) is 0 Å². The van der Waals surface area contributed by atoms with E-state index in [0.29, 0.717) is 30.4 Å². The van der Waals surface area contributed by atoms with E-state index in [1.54, 1.807) is 0 Å². The highest BCUT2D eigenvalue weighted by atomic mass is 16.5. The molecule has 0 radical (unpaired) electrons. The summed E-state index contributed by atoms with van der Waals surface area (Å²) in [5.41, 5.74) is 5.76. The van der Waals surface area contributed by atoms with Crippen molar-refractivity contribution in [3.8, 4) is 6.01 Å². The Morgan fingerprint density at radius 3 is 2.15 bits per heavy atom. The van der Waals surface area contributed by atoms with Crippen LogP contribution in [0.25, 0.3) is 0 Å². The number of nitrogens with zero attached hydrogens (tertiary/aromatic N) is 4. The summed E-state index contributed by atoms with van der Waals surface area (Å²) in [5, 5.41) is 0. The van der Waals surface area contributed by atoms with Gasteiger partial charge in [-0.3, -0.25) is 0 Å². The molecular weight excluding hydrogens is 254 g/mol. The Kier molecular flexibility index (Phi) is 6.48. The van der Waals surface area contributed by atoms with E-state index in [0.717, 1.165) is 19.5 Å². The number of hydrogen-bond acceptors (Lipinski definition) is 6. The van der Waals surface area contributed by atoms with Crippen LogP contribution in [-0.2, 0) is 0 Å². The van der Waals surface area contributed by atoms with E-state index in [2.05, 4.69) is 47.5 Å². The molecule has 0 saturated carbocycles. The Morgan fingerprint density at radius 1 is 1.05 bits per heavy atom. The zero-order valence-electron chi connectivity index (χ0n) is 13.3. The van der Waals surface area contributed by atoms with E-state index in [4.69, 9.17) is 10.5 Å². The second-order valence-electron chi connectivity index (χ2n) is 5.82. The van der Waals surface area contributed by atoms with Crippen LogP contribution in [0, 0.1) is 11.8 Å². The largest absolute Gasteiger partial charge is 0.463 e. The summed E-state index contributed by atoms with van der Waals surface area (Å²) in [5.74, 6) is 1.85. The van der Waals surface area contributed by atoms with Crippen molar-refractivity contribution < 1.29 is 4.74 Å². The van der Waals surface area contributed by atoms with E-state index in [1.807, 2.05) is 6.92 Å². The van der Waals surface area contributed by atoms with Gasteiger partial charge in [0.25, 0.3) is 0 Å². The number of ether oxygens (including phenoxy) is 1. The Balaban J connectivity index is 2.95. The molecule has 2 N–H and O–H groups in total. The average molecular weight is 281 g/mol. The first kappa shape index (κ1) is 16.5. The average Bonchev–Trinajstić information content (AvgIpc) is 2.33. The predicted molar refractivity (Wildman–Crippen MR) is 81.9 cm³/mol. The topological polar surface area (TPSA) is 77.2 Å². The van der Waals surface area contributed by atoms with E-state index >= 15 is 0 Å². The second-order valence-corrected chi connectivity index (χ2v) is 5.82. The molecule has 0 saturated heterocycles. The lowest BCUT2D eigenvalue weighted by atomic mass is 10.1. The van der Waals surface area contributed by atoms with Crippen molar-refractivity contribution in [3.63, 3.8) is 0 Å². The normalized spacial score (nSPS) is 11.2. The minimum atomic E-state index is 0.207. The van der Waals surface area contributed by atoms with Crippen LogP contribution < -0.4 is 15.4 Å². The van der Waals surface area contributed by atoms with Gasteiger partial charge in [0, 0.05) is 13.1 Å². The van der Waals surface area contributed by atoms with Gasteiger partial charge in [-0.25, -0.2) is 0 Å². The second kappa shape index (κ2) is 7.87. The van der Waals surface area contributed by atoms with Crippen molar-refractivity contribution in [2.75, 3.05) is 30.3 Å². The van der Waals surface area contributed by atoms with Crippen molar-refractivity contribution in [1.82, 2.24) is 15.0 Å². The fraction of sp³-hybridized carbons (Fsp3) is 0.786. The zero-order chi connectivity index (χ0) is 15.1. The maximum absolute atomic E-state index is 5.76. The van der Waals surface area contributed by atoms with Gasteiger partial charge in [0.05, 0.1) is 6.61 Å². The van der Waals surface area contributed by atoms with Gasteiger partial charge in [-0.1, -0.05) is 34.6 Å².